The molecule has 1 aliphatic heterocycles. The highest BCUT2D eigenvalue weighted by molar-refractivity contribution is 5.80. The van der Waals surface area contributed by atoms with Crippen molar-refractivity contribution in [3.05, 3.63) is 0 Å². The van der Waals surface area contributed by atoms with Gasteiger partial charge in [0.2, 0.25) is 5.91 Å². The molecule has 4 nitrogen and oxygen atoms in total. The predicted octanol–water partition coefficient (Wildman–Crippen LogP) is -0.255. The summed E-state index contributed by atoms with van der Waals surface area (Å²) in [6, 6.07) is 0.602. The van der Waals surface area contributed by atoms with Crippen molar-refractivity contribution in [1.29, 1.82) is 0 Å². The lowest BCUT2D eigenvalue weighted by Crippen LogP contribution is -2.43. The van der Waals surface area contributed by atoms with Crippen LogP contribution in [0.3, 0.4) is 0 Å². The number of ether oxygens (including phenoxy) is 1. The minimum absolute atomic E-state index is 0.00667. The largest absolute Gasteiger partial charge is 0.379 e. The van der Waals surface area contributed by atoms with Crippen molar-refractivity contribution in [2.45, 2.75) is 25.4 Å². The van der Waals surface area contributed by atoms with Crippen LogP contribution in [0.25, 0.3) is 0 Å². The average Bonchev–Trinajstić information content (AvgIpc) is 2.72. The number of hydrogen-bond donors (Lipinski definition) is 2. The van der Waals surface area contributed by atoms with Crippen LogP contribution in [0.4, 0.5) is 0 Å². The van der Waals surface area contributed by atoms with Crippen molar-refractivity contribution in [3.8, 4) is 0 Å². The Bertz CT molecular complexity index is 232. The highest BCUT2D eigenvalue weighted by Crippen LogP contribution is 2.29. The summed E-state index contributed by atoms with van der Waals surface area (Å²) in [5, 5.41) is 6.16. The smallest absolute Gasteiger partial charge is 0.227 e. The first-order chi connectivity index (χ1) is 6.72. The van der Waals surface area contributed by atoms with Gasteiger partial charge in [0.25, 0.3) is 0 Å². The number of hydrogen-bond acceptors (Lipinski definition) is 3. The van der Waals surface area contributed by atoms with E-state index in [2.05, 4.69) is 17.6 Å². The third-order valence-corrected chi connectivity index (χ3v) is 3.23. The van der Waals surface area contributed by atoms with Gasteiger partial charge in [-0.25, -0.2) is 0 Å². The second kappa shape index (κ2) is 3.87. The number of nitrogens with one attached hydrogen (secondary N) is 2. The summed E-state index contributed by atoms with van der Waals surface area (Å²) in [6.45, 7) is 3.36. The first kappa shape index (κ1) is 9.93. The monoisotopic (exact) mass is 198 g/mol. The van der Waals surface area contributed by atoms with Gasteiger partial charge in [-0.1, -0.05) is 6.92 Å². The van der Waals surface area contributed by atoms with E-state index in [9.17, 15) is 4.79 Å². The van der Waals surface area contributed by atoms with E-state index in [0.29, 0.717) is 25.2 Å². The maximum atomic E-state index is 11.8. The summed E-state index contributed by atoms with van der Waals surface area (Å²) in [7, 11) is 1.87. The van der Waals surface area contributed by atoms with E-state index in [1.807, 2.05) is 7.05 Å². The molecule has 80 valence electrons. The van der Waals surface area contributed by atoms with Gasteiger partial charge in [0.05, 0.1) is 19.1 Å². The normalized spacial score (nSPS) is 41.0. The number of rotatable bonds is 3. The molecule has 1 aliphatic carbocycles. The standard InChI is InChI=1S/C10H18N2O2/c1-6-3-8(6)12-10(13)7-4-14-5-9(7)11-2/h6-9,11H,3-5H2,1-2H3,(H,12,13). The summed E-state index contributed by atoms with van der Waals surface area (Å²) in [5.41, 5.74) is 0. The van der Waals surface area contributed by atoms with Gasteiger partial charge in [0.15, 0.2) is 0 Å². The van der Waals surface area contributed by atoms with Gasteiger partial charge in [-0.15, -0.1) is 0 Å². The fourth-order valence-corrected chi connectivity index (χ4v) is 1.91. The molecule has 2 N–H and O–H groups in total. The molecule has 4 unspecified atom stereocenters. The molecule has 0 bridgehead atoms. The molecule has 0 aromatic heterocycles. The van der Waals surface area contributed by atoms with Crippen LogP contribution in [0, 0.1) is 11.8 Å². The summed E-state index contributed by atoms with van der Waals surface area (Å²) in [6.07, 6.45) is 1.13. The molecule has 1 saturated heterocycles. The summed E-state index contributed by atoms with van der Waals surface area (Å²) in [4.78, 5) is 11.8. The van der Waals surface area contributed by atoms with Gasteiger partial charge in [-0.3, -0.25) is 4.79 Å². The quantitative estimate of drug-likeness (QED) is 0.657. The van der Waals surface area contributed by atoms with Crippen molar-refractivity contribution in [1.82, 2.24) is 10.6 Å². The molecule has 0 aromatic rings. The van der Waals surface area contributed by atoms with Crippen molar-refractivity contribution >= 4 is 5.91 Å². The summed E-state index contributed by atoms with van der Waals surface area (Å²) < 4.78 is 5.29. The van der Waals surface area contributed by atoms with E-state index in [1.165, 1.54) is 0 Å². The number of carbonyl (C=O) groups excluding carboxylic acids is 1. The molecule has 4 atom stereocenters. The van der Waals surface area contributed by atoms with Gasteiger partial charge in [0.1, 0.15) is 0 Å². The molecule has 0 aromatic carbocycles. The number of amides is 1. The van der Waals surface area contributed by atoms with Crippen LogP contribution in [0.15, 0.2) is 0 Å². The zero-order chi connectivity index (χ0) is 10.1. The van der Waals surface area contributed by atoms with Gasteiger partial charge in [0, 0.05) is 12.1 Å². The topological polar surface area (TPSA) is 50.4 Å². The second-order valence-corrected chi connectivity index (χ2v) is 4.37. The third kappa shape index (κ3) is 1.91. The Morgan fingerprint density at radius 2 is 2.07 bits per heavy atom. The molecule has 0 spiro atoms. The summed E-state index contributed by atoms with van der Waals surface area (Å²) >= 11 is 0. The highest BCUT2D eigenvalue weighted by Gasteiger charge is 2.39. The molecular formula is C10H18N2O2. The number of carbonyl (C=O) groups is 1. The predicted molar refractivity (Wildman–Crippen MR) is 52.9 cm³/mol. The van der Waals surface area contributed by atoms with Crippen LogP contribution >= 0.6 is 0 Å². The van der Waals surface area contributed by atoms with Crippen molar-refractivity contribution in [2.75, 3.05) is 20.3 Å². The maximum Gasteiger partial charge on any atom is 0.227 e. The van der Waals surface area contributed by atoms with E-state index in [0.717, 1.165) is 6.42 Å². The van der Waals surface area contributed by atoms with E-state index in [1.54, 1.807) is 0 Å². The van der Waals surface area contributed by atoms with Gasteiger partial charge < -0.3 is 15.4 Å². The molecule has 4 heteroatoms. The van der Waals surface area contributed by atoms with Crippen molar-refractivity contribution < 1.29 is 9.53 Å². The van der Waals surface area contributed by atoms with Crippen LogP contribution in [-0.2, 0) is 9.53 Å². The molecule has 2 fully saturated rings. The van der Waals surface area contributed by atoms with Gasteiger partial charge >= 0.3 is 0 Å². The molecule has 0 radical (unpaired) electrons. The molecule has 1 saturated carbocycles. The Hall–Kier alpha value is -0.610. The Balaban J connectivity index is 1.84. The zero-order valence-electron chi connectivity index (χ0n) is 8.75. The van der Waals surface area contributed by atoms with Gasteiger partial charge in [-0.05, 0) is 19.4 Å². The van der Waals surface area contributed by atoms with Crippen molar-refractivity contribution in [3.63, 3.8) is 0 Å². The van der Waals surface area contributed by atoms with Crippen LogP contribution in [0.5, 0.6) is 0 Å². The lowest BCUT2D eigenvalue weighted by atomic mass is 10.0. The first-order valence-electron chi connectivity index (χ1n) is 5.27. The van der Waals surface area contributed by atoms with Crippen molar-refractivity contribution in [2.24, 2.45) is 11.8 Å². The minimum atomic E-state index is -0.00667. The van der Waals surface area contributed by atoms with E-state index in [4.69, 9.17) is 4.74 Å². The average molecular weight is 198 g/mol. The van der Waals surface area contributed by atoms with E-state index >= 15 is 0 Å². The molecule has 2 rings (SSSR count). The second-order valence-electron chi connectivity index (χ2n) is 4.37. The molecular weight excluding hydrogens is 180 g/mol. The fourth-order valence-electron chi connectivity index (χ4n) is 1.91. The fraction of sp³-hybridized carbons (Fsp3) is 0.900. The lowest BCUT2D eigenvalue weighted by molar-refractivity contribution is -0.125. The Morgan fingerprint density at radius 1 is 1.36 bits per heavy atom. The lowest BCUT2D eigenvalue weighted by Gasteiger charge is -2.16. The van der Waals surface area contributed by atoms with E-state index < -0.39 is 0 Å². The van der Waals surface area contributed by atoms with Gasteiger partial charge in [-0.2, -0.15) is 0 Å². The molecule has 1 amide bonds. The van der Waals surface area contributed by atoms with Crippen LogP contribution in [-0.4, -0.2) is 38.3 Å². The Kier molecular flexibility index (Phi) is 2.74. The SMILES string of the molecule is CNC1COCC1C(=O)NC1CC1C. The van der Waals surface area contributed by atoms with E-state index in [-0.39, 0.29) is 17.9 Å². The van der Waals surface area contributed by atoms with Crippen LogP contribution in [0.2, 0.25) is 0 Å². The van der Waals surface area contributed by atoms with Crippen LogP contribution < -0.4 is 10.6 Å². The van der Waals surface area contributed by atoms with Crippen LogP contribution in [0.1, 0.15) is 13.3 Å². The minimum Gasteiger partial charge on any atom is -0.379 e. The zero-order valence-corrected chi connectivity index (χ0v) is 8.75. The highest BCUT2D eigenvalue weighted by atomic mass is 16.5. The Morgan fingerprint density at radius 3 is 2.64 bits per heavy atom. The first-order valence-corrected chi connectivity index (χ1v) is 5.27. The molecule has 2 aliphatic rings. The molecule has 14 heavy (non-hydrogen) atoms. The molecule has 1 heterocycles. The maximum absolute atomic E-state index is 11.8. The summed E-state index contributed by atoms with van der Waals surface area (Å²) in [5.74, 6) is 0.804. The third-order valence-electron chi connectivity index (χ3n) is 3.23. The number of likely N-dealkylation sites (N-methyl/N-ethyl adjacent to an activating group) is 1. The Labute approximate surface area is 84.4 Å².